The number of benzene rings is 3. The number of nitrogens with zero attached hydrogens (tertiary/aromatic N) is 2. The molecule has 2 amide bonds. The highest BCUT2D eigenvalue weighted by Gasteiger charge is 2.32. The van der Waals surface area contributed by atoms with Gasteiger partial charge in [0, 0.05) is 23.9 Å². The SMILES string of the molecule is CC(=O)N(c1ccc(N(C(C)=O)S(=O)(=O)c2ccc(Cl)c(C)c2)cc1)S(=O)(=O)c1ccc(Cl)c(C)c1. The van der Waals surface area contributed by atoms with Gasteiger partial charge in [-0.2, -0.15) is 0 Å². The molecule has 0 saturated heterocycles. The van der Waals surface area contributed by atoms with Gasteiger partial charge in [-0.1, -0.05) is 23.2 Å². The van der Waals surface area contributed by atoms with Crippen molar-refractivity contribution in [3.8, 4) is 0 Å². The van der Waals surface area contributed by atoms with E-state index in [1.807, 2.05) is 0 Å². The van der Waals surface area contributed by atoms with Gasteiger partial charge in [0.1, 0.15) is 0 Å². The molecule has 0 spiro atoms. The molecule has 0 unspecified atom stereocenters. The molecule has 0 aliphatic carbocycles. The van der Waals surface area contributed by atoms with Crippen LogP contribution in [-0.2, 0) is 29.6 Å². The molecule has 0 N–H and O–H groups in total. The molecule has 190 valence electrons. The Kier molecular flexibility index (Phi) is 7.85. The topological polar surface area (TPSA) is 109 Å². The highest BCUT2D eigenvalue weighted by atomic mass is 35.5. The fourth-order valence-electron chi connectivity index (χ4n) is 3.47. The molecule has 0 radical (unpaired) electrons. The molecule has 0 heterocycles. The average molecular weight is 569 g/mol. The van der Waals surface area contributed by atoms with Gasteiger partial charge in [0.25, 0.3) is 20.0 Å². The molecule has 0 aliphatic heterocycles. The highest BCUT2D eigenvalue weighted by molar-refractivity contribution is 7.94. The van der Waals surface area contributed by atoms with Gasteiger partial charge in [0.2, 0.25) is 11.8 Å². The van der Waals surface area contributed by atoms with Gasteiger partial charge >= 0.3 is 0 Å². The highest BCUT2D eigenvalue weighted by Crippen LogP contribution is 2.31. The fraction of sp³-hybridized carbons (Fsp3) is 0.167. The van der Waals surface area contributed by atoms with Crippen LogP contribution in [0.3, 0.4) is 0 Å². The van der Waals surface area contributed by atoms with Crippen molar-refractivity contribution in [3.63, 3.8) is 0 Å². The summed E-state index contributed by atoms with van der Waals surface area (Å²) in [7, 11) is -8.62. The van der Waals surface area contributed by atoms with Crippen LogP contribution in [0.1, 0.15) is 25.0 Å². The van der Waals surface area contributed by atoms with Crippen LogP contribution in [0, 0.1) is 13.8 Å². The van der Waals surface area contributed by atoms with Crippen LogP contribution in [0.4, 0.5) is 11.4 Å². The van der Waals surface area contributed by atoms with E-state index < -0.39 is 31.9 Å². The maximum absolute atomic E-state index is 13.3. The lowest BCUT2D eigenvalue weighted by atomic mass is 10.2. The van der Waals surface area contributed by atoms with Gasteiger partial charge in [0.15, 0.2) is 0 Å². The zero-order chi connectivity index (χ0) is 27.0. The van der Waals surface area contributed by atoms with E-state index in [0.29, 0.717) is 29.8 Å². The minimum absolute atomic E-state index is 0.0397. The molecule has 0 fully saturated rings. The van der Waals surface area contributed by atoms with Crippen molar-refractivity contribution in [2.75, 3.05) is 8.61 Å². The first-order chi connectivity index (χ1) is 16.7. The molecule has 36 heavy (non-hydrogen) atoms. The third kappa shape index (κ3) is 5.27. The van der Waals surface area contributed by atoms with Crippen LogP contribution in [0.2, 0.25) is 10.0 Å². The van der Waals surface area contributed by atoms with Gasteiger partial charge in [-0.3, -0.25) is 9.59 Å². The van der Waals surface area contributed by atoms with Gasteiger partial charge in [-0.15, -0.1) is 0 Å². The number of amides is 2. The van der Waals surface area contributed by atoms with E-state index in [4.69, 9.17) is 23.2 Å². The maximum atomic E-state index is 13.3. The van der Waals surface area contributed by atoms with E-state index in [1.54, 1.807) is 13.8 Å². The summed E-state index contributed by atoms with van der Waals surface area (Å²) in [6.07, 6.45) is 0. The average Bonchev–Trinajstić information content (AvgIpc) is 2.77. The minimum atomic E-state index is -4.31. The number of anilines is 2. The van der Waals surface area contributed by atoms with Crippen LogP contribution in [0.5, 0.6) is 0 Å². The van der Waals surface area contributed by atoms with Crippen LogP contribution >= 0.6 is 23.2 Å². The second-order valence-electron chi connectivity index (χ2n) is 7.92. The molecular formula is C24H22Cl2N2O6S2. The lowest BCUT2D eigenvalue weighted by Gasteiger charge is -2.24. The quantitative estimate of drug-likeness (QED) is 0.409. The molecule has 3 aromatic rings. The predicted octanol–water partition coefficient (Wildman–Crippen LogP) is 5.09. The number of halogens is 2. The van der Waals surface area contributed by atoms with Crippen LogP contribution in [-0.4, -0.2) is 28.6 Å². The summed E-state index contributed by atoms with van der Waals surface area (Å²) in [5.74, 6) is -1.58. The van der Waals surface area contributed by atoms with Crippen molar-refractivity contribution < 1.29 is 26.4 Å². The molecule has 3 rings (SSSR count). The Morgan fingerprint density at radius 3 is 1.17 bits per heavy atom. The molecule has 3 aromatic carbocycles. The lowest BCUT2D eigenvalue weighted by Crippen LogP contribution is -2.36. The number of hydrogen-bond acceptors (Lipinski definition) is 6. The first kappa shape index (κ1) is 27.7. The third-order valence-corrected chi connectivity index (χ3v) is 9.67. The molecule has 8 nitrogen and oxygen atoms in total. The Hall–Kier alpha value is -2.92. The fourth-order valence-corrected chi connectivity index (χ4v) is 6.73. The molecule has 0 saturated carbocycles. The van der Waals surface area contributed by atoms with E-state index in [2.05, 4.69) is 0 Å². The number of aryl methyl sites for hydroxylation is 2. The lowest BCUT2D eigenvalue weighted by molar-refractivity contribution is -0.116. The Balaban J connectivity index is 2.06. The third-order valence-electron chi connectivity index (χ3n) is 5.23. The molecule has 12 heteroatoms. The Labute approximate surface area is 220 Å². The summed E-state index contributed by atoms with van der Waals surface area (Å²) < 4.78 is 54.2. The van der Waals surface area contributed by atoms with E-state index in [0.717, 1.165) is 13.8 Å². The number of carbonyl (C=O) groups is 2. The summed E-state index contributed by atoms with van der Waals surface area (Å²) in [4.78, 5) is 24.5. The van der Waals surface area contributed by atoms with Gasteiger partial charge in [-0.25, -0.2) is 25.4 Å². The Bertz CT molecular complexity index is 1450. The van der Waals surface area contributed by atoms with Crippen LogP contribution < -0.4 is 8.61 Å². The predicted molar refractivity (Wildman–Crippen MR) is 140 cm³/mol. The van der Waals surface area contributed by atoms with Gasteiger partial charge in [0.05, 0.1) is 21.2 Å². The monoisotopic (exact) mass is 568 g/mol. The zero-order valence-corrected chi connectivity index (χ0v) is 22.8. The van der Waals surface area contributed by atoms with Crippen molar-refractivity contribution in [1.82, 2.24) is 0 Å². The second-order valence-corrected chi connectivity index (χ2v) is 12.3. The summed E-state index contributed by atoms with van der Waals surface area (Å²) in [5.41, 5.74) is 0.942. The van der Waals surface area contributed by atoms with Crippen molar-refractivity contribution in [2.24, 2.45) is 0 Å². The van der Waals surface area contributed by atoms with Crippen molar-refractivity contribution in [2.45, 2.75) is 37.5 Å². The van der Waals surface area contributed by atoms with Crippen molar-refractivity contribution >= 4 is 66.4 Å². The van der Waals surface area contributed by atoms with E-state index >= 15 is 0 Å². The minimum Gasteiger partial charge on any atom is -0.274 e. The molecule has 0 atom stereocenters. The van der Waals surface area contributed by atoms with Gasteiger partial charge in [-0.05, 0) is 85.6 Å². The number of sulfonamides is 2. The number of carbonyl (C=O) groups excluding carboxylic acids is 2. The largest absolute Gasteiger partial charge is 0.274 e. The van der Waals surface area contributed by atoms with Crippen LogP contribution in [0.25, 0.3) is 0 Å². The standard InChI is InChI=1S/C24H22Cl2N2O6S2/c1-15-13-21(9-11-23(15)25)35(31,32)27(17(3)29)19-5-7-20(8-6-19)28(18(4)30)36(33,34)22-10-12-24(26)16(2)14-22/h5-14H,1-4H3. The second kappa shape index (κ2) is 10.2. The van der Waals surface area contributed by atoms with E-state index in [1.165, 1.54) is 60.7 Å². The molecule has 0 aromatic heterocycles. The van der Waals surface area contributed by atoms with Crippen molar-refractivity contribution in [3.05, 3.63) is 81.8 Å². The molecule has 0 bridgehead atoms. The van der Waals surface area contributed by atoms with Crippen LogP contribution in [0.15, 0.2) is 70.5 Å². The zero-order valence-electron chi connectivity index (χ0n) is 19.7. The summed E-state index contributed by atoms with van der Waals surface area (Å²) in [6.45, 7) is 5.44. The summed E-state index contributed by atoms with van der Waals surface area (Å²) >= 11 is 12.0. The Morgan fingerprint density at radius 2 is 0.917 bits per heavy atom. The first-order valence-corrected chi connectivity index (χ1v) is 14.1. The van der Waals surface area contributed by atoms with E-state index in [-0.39, 0.29) is 21.2 Å². The maximum Gasteiger partial charge on any atom is 0.270 e. The normalized spacial score (nSPS) is 11.7. The van der Waals surface area contributed by atoms with Gasteiger partial charge < -0.3 is 0 Å². The summed E-state index contributed by atoms with van der Waals surface area (Å²) in [6, 6.07) is 13.1. The first-order valence-electron chi connectivity index (χ1n) is 10.4. The smallest absolute Gasteiger partial charge is 0.270 e. The summed E-state index contributed by atoms with van der Waals surface area (Å²) in [5, 5.41) is 0.739. The van der Waals surface area contributed by atoms with E-state index in [9.17, 15) is 26.4 Å². The number of rotatable bonds is 6. The molecular weight excluding hydrogens is 547 g/mol. The Morgan fingerprint density at radius 1 is 0.611 bits per heavy atom. The molecule has 0 aliphatic rings. The number of hydrogen-bond donors (Lipinski definition) is 0. The van der Waals surface area contributed by atoms with Crippen molar-refractivity contribution in [1.29, 1.82) is 0 Å².